The van der Waals surface area contributed by atoms with Crippen LogP contribution in [0.5, 0.6) is 0 Å². The highest BCUT2D eigenvalue weighted by molar-refractivity contribution is 6.17. The van der Waals surface area contributed by atoms with Gasteiger partial charge in [-0.2, -0.15) is 0 Å². The van der Waals surface area contributed by atoms with Gasteiger partial charge in [0.2, 0.25) is 0 Å². The van der Waals surface area contributed by atoms with Crippen LogP contribution in [0.15, 0.2) is 0 Å². The predicted molar refractivity (Wildman–Crippen MR) is 33.0 cm³/mol. The van der Waals surface area contributed by atoms with Gasteiger partial charge in [0.15, 0.2) is 6.29 Å². The Balaban J connectivity index is 2.92. The smallest absolute Gasteiger partial charge is 0.155 e. The van der Waals surface area contributed by atoms with Crippen LogP contribution in [0.25, 0.3) is 0 Å². The van der Waals surface area contributed by atoms with Crippen molar-refractivity contribution < 1.29 is 9.84 Å². The molecule has 1 N–H and O–H groups in total. The zero-order valence-electron chi connectivity index (χ0n) is 4.93. The van der Waals surface area contributed by atoms with Crippen molar-refractivity contribution in [2.24, 2.45) is 0 Å². The average Bonchev–Trinajstić information content (AvgIpc) is 1.68. The Morgan fingerprint density at radius 1 is 1.75 bits per heavy atom. The summed E-state index contributed by atoms with van der Waals surface area (Å²) in [5, 5.41) is 8.74. The van der Waals surface area contributed by atoms with Crippen LogP contribution in [0.2, 0.25) is 0 Å². The molecule has 1 unspecified atom stereocenters. The van der Waals surface area contributed by atoms with E-state index in [2.05, 4.69) is 0 Å². The summed E-state index contributed by atoms with van der Waals surface area (Å²) in [6.07, 6.45) is -0.160. The lowest BCUT2D eigenvalue weighted by atomic mass is 10.5. The van der Waals surface area contributed by atoms with Gasteiger partial charge in [-0.1, -0.05) is 0 Å². The molecule has 50 valence electrons. The predicted octanol–water partition coefficient (Wildman–Crippen LogP) is 0.970. The number of hydrogen-bond donors (Lipinski definition) is 1. The van der Waals surface area contributed by atoms with Crippen molar-refractivity contribution in [2.45, 2.75) is 19.6 Å². The quantitative estimate of drug-likeness (QED) is 0.464. The van der Waals surface area contributed by atoms with Gasteiger partial charge < -0.3 is 9.84 Å². The summed E-state index contributed by atoms with van der Waals surface area (Å²) in [6, 6.07) is 0. The number of alkyl halides is 1. The molecule has 0 spiro atoms. The Morgan fingerprint density at radius 3 is 2.75 bits per heavy atom. The van der Waals surface area contributed by atoms with Gasteiger partial charge in [-0.15, -0.1) is 11.6 Å². The van der Waals surface area contributed by atoms with E-state index >= 15 is 0 Å². The van der Waals surface area contributed by atoms with E-state index in [9.17, 15) is 0 Å². The topological polar surface area (TPSA) is 29.5 Å². The van der Waals surface area contributed by atoms with E-state index in [0.717, 1.165) is 0 Å². The summed E-state index contributed by atoms with van der Waals surface area (Å²) < 4.78 is 4.75. The molecule has 1 atom stereocenters. The molecular weight excluding hydrogens is 128 g/mol. The fraction of sp³-hybridized carbons (Fsp3) is 1.00. The Kier molecular flexibility index (Phi) is 5.49. The highest BCUT2D eigenvalue weighted by Gasteiger charge is 1.98. The molecule has 0 amide bonds. The van der Waals surface area contributed by atoms with Gasteiger partial charge in [-0.3, -0.25) is 0 Å². The Bertz CT molecular complexity index is 43.7. The van der Waals surface area contributed by atoms with Gasteiger partial charge in [0.25, 0.3) is 0 Å². The fourth-order valence-corrected chi connectivity index (χ4v) is 0.556. The molecular formula is C5H11ClO2. The second kappa shape index (κ2) is 5.35. The van der Waals surface area contributed by atoms with Crippen molar-refractivity contribution in [1.82, 2.24) is 0 Å². The van der Waals surface area contributed by atoms with Gasteiger partial charge >= 0.3 is 0 Å². The van der Waals surface area contributed by atoms with Crippen LogP contribution >= 0.6 is 11.6 Å². The molecule has 3 heteroatoms. The van der Waals surface area contributed by atoms with E-state index in [4.69, 9.17) is 21.4 Å². The van der Waals surface area contributed by atoms with E-state index in [1.807, 2.05) is 6.92 Å². The van der Waals surface area contributed by atoms with E-state index in [1.165, 1.54) is 0 Å². The Labute approximate surface area is 54.4 Å². The van der Waals surface area contributed by atoms with Gasteiger partial charge in [-0.25, -0.2) is 0 Å². The first-order chi connectivity index (χ1) is 3.81. The zero-order chi connectivity index (χ0) is 6.41. The molecule has 0 bridgehead atoms. The minimum absolute atomic E-state index is 0.446. The molecule has 0 aliphatic heterocycles. The van der Waals surface area contributed by atoms with Crippen molar-refractivity contribution in [3.05, 3.63) is 0 Å². The lowest BCUT2D eigenvalue weighted by molar-refractivity contribution is -0.0948. The highest BCUT2D eigenvalue weighted by atomic mass is 35.5. The number of halogens is 1. The summed E-state index contributed by atoms with van der Waals surface area (Å²) in [5.74, 6) is 0.446. The van der Waals surface area contributed by atoms with Crippen molar-refractivity contribution in [3.63, 3.8) is 0 Å². The van der Waals surface area contributed by atoms with E-state index in [-0.39, 0.29) is 0 Å². The zero-order valence-corrected chi connectivity index (χ0v) is 5.69. The first-order valence-corrected chi connectivity index (χ1v) is 3.20. The third kappa shape index (κ3) is 4.37. The Hall–Kier alpha value is 0.210. The molecule has 0 aromatic carbocycles. The van der Waals surface area contributed by atoms with Crippen molar-refractivity contribution in [1.29, 1.82) is 0 Å². The van der Waals surface area contributed by atoms with Gasteiger partial charge in [0, 0.05) is 18.9 Å². The normalized spacial score (nSPS) is 13.9. The molecule has 0 radical (unpaired) electrons. The minimum Gasteiger partial charge on any atom is -0.368 e. The van der Waals surface area contributed by atoms with Crippen LogP contribution in [0, 0.1) is 0 Å². The second-order valence-electron chi connectivity index (χ2n) is 1.39. The van der Waals surface area contributed by atoms with E-state index < -0.39 is 6.29 Å². The van der Waals surface area contributed by atoms with Gasteiger partial charge in [0.05, 0.1) is 0 Å². The molecule has 0 heterocycles. The van der Waals surface area contributed by atoms with Crippen LogP contribution in [0.4, 0.5) is 0 Å². The first-order valence-electron chi connectivity index (χ1n) is 2.67. The van der Waals surface area contributed by atoms with E-state index in [1.54, 1.807) is 0 Å². The van der Waals surface area contributed by atoms with Crippen LogP contribution in [-0.2, 0) is 4.74 Å². The van der Waals surface area contributed by atoms with Crippen molar-refractivity contribution in [2.75, 3.05) is 12.5 Å². The summed E-state index contributed by atoms with van der Waals surface area (Å²) in [4.78, 5) is 0. The third-order valence-electron chi connectivity index (χ3n) is 0.715. The van der Waals surface area contributed by atoms with E-state index in [0.29, 0.717) is 18.9 Å². The Morgan fingerprint density at radius 2 is 2.38 bits per heavy atom. The highest BCUT2D eigenvalue weighted by Crippen LogP contribution is 1.94. The third-order valence-corrected chi connectivity index (χ3v) is 0.933. The number of aliphatic hydroxyl groups excluding tert-OH is 1. The van der Waals surface area contributed by atoms with Gasteiger partial charge in [0.1, 0.15) is 0 Å². The number of rotatable bonds is 4. The maximum atomic E-state index is 8.74. The first kappa shape index (κ1) is 8.21. The summed E-state index contributed by atoms with van der Waals surface area (Å²) in [6.45, 7) is 2.37. The monoisotopic (exact) mass is 138 g/mol. The molecule has 8 heavy (non-hydrogen) atoms. The lowest BCUT2D eigenvalue weighted by Gasteiger charge is -2.06. The molecule has 0 aromatic heterocycles. The summed E-state index contributed by atoms with van der Waals surface area (Å²) in [7, 11) is 0. The van der Waals surface area contributed by atoms with Crippen LogP contribution in [0.1, 0.15) is 13.3 Å². The molecule has 0 aliphatic rings. The fourth-order valence-electron chi connectivity index (χ4n) is 0.369. The number of aliphatic hydroxyl groups is 1. The summed E-state index contributed by atoms with van der Waals surface area (Å²) in [5.41, 5.74) is 0. The molecule has 0 saturated carbocycles. The van der Waals surface area contributed by atoms with Crippen LogP contribution in [0.3, 0.4) is 0 Å². The number of hydrogen-bond acceptors (Lipinski definition) is 2. The number of ether oxygens (including phenoxy) is 1. The lowest BCUT2D eigenvalue weighted by Crippen LogP contribution is -2.11. The molecule has 0 aromatic rings. The second-order valence-corrected chi connectivity index (χ2v) is 1.77. The standard InChI is InChI=1S/C5H11ClO2/c1-2-8-5(7)3-4-6/h5,7H,2-4H2,1H3. The summed E-state index contributed by atoms with van der Waals surface area (Å²) >= 11 is 5.29. The SMILES string of the molecule is CCOC(O)CCCl. The molecule has 0 saturated heterocycles. The maximum Gasteiger partial charge on any atom is 0.155 e. The minimum atomic E-state index is -0.669. The van der Waals surface area contributed by atoms with Crippen molar-refractivity contribution in [3.8, 4) is 0 Å². The van der Waals surface area contributed by atoms with Crippen LogP contribution in [-0.4, -0.2) is 23.9 Å². The molecule has 0 fully saturated rings. The maximum absolute atomic E-state index is 8.74. The molecule has 0 rings (SSSR count). The van der Waals surface area contributed by atoms with Crippen LogP contribution < -0.4 is 0 Å². The average molecular weight is 139 g/mol. The van der Waals surface area contributed by atoms with Gasteiger partial charge in [-0.05, 0) is 6.92 Å². The molecule has 0 aliphatic carbocycles. The van der Waals surface area contributed by atoms with Crippen molar-refractivity contribution >= 4 is 11.6 Å². The largest absolute Gasteiger partial charge is 0.368 e. The molecule has 2 nitrogen and oxygen atoms in total.